The summed E-state index contributed by atoms with van der Waals surface area (Å²) in [5, 5.41) is 9.67. The summed E-state index contributed by atoms with van der Waals surface area (Å²) in [7, 11) is 0. The average molecular weight is 158 g/mol. The Labute approximate surface area is 68.6 Å². The van der Waals surface area contributed by atoms with Crippen LogP contribution in [0.15, 0.2) is 0 Å². The first-order valence-electron chi connectivity index (χ1n) is 4.18. The summed E-state index contributed by atoms with van der Waals surface area (Å²) in [5.41, 5.74) is -0.627. The van der Waals surface area contributed by atoms with Crippen molar-refractivity contribution in [3.63, 3.8) is 0 Å². The SMILES string of the molecule is CC1(C)CC(C(C)(C)O)CO1. The molecule has 0 aliphatic carbocycles. The topological polar surface area (TPSA) is 29.5 Å². The van der Waals surface area contributed by atoms with Gasteiger partial charge in [0, 0.05) is 5.92 Å². The van der Waals surface area contributed by atoms with E-state index in [9.17, 15) is 5.11 Å². The van der Waals surface area contributed by atoms with Gasteiger partial charge in [0.25, 0.3) is 0 Å². The summed E-state index contributed by atoms with van der Waals surface area (Å²) < 4.78 is 5.52. The number of hydrogen-bond donors (Lipinski definition) is 1. The summed E-state index contributed by atoms with van der Waals surface area (Å²) in [4.78, 5) is 0. The van der Waals surface area contributed by atoms with E-state index in [2.05, 4.69) is 13.8 Å². The van der Waals surface area contributed by atoms with Gasteiger partial charge in [-0.05, 0) is 34.1 Å². The molecule has 1 rings (SSSR count). The maximum absolute atomic E-state index is 9.67. The van der Waals surface area contributed by atoms with E-state index in [0.29, 0.717) is 6.61 Å². The minimum Gasteiger partial charge on any atom is -0.390 e. The van der Waals surface area contributed by atoms with Crippen molar-refractivity contribution in [1.82, 2.24) is 0 Å². The van der Waals surface area contributed by atoms with Gasteiger partial charge in [0.2, 0.25) is 0 Å². The fourth-order valence-corrected chi connectivity index (χ4v) is 1.49. The lowest BCUT2D eigenvalue weighted by Crippen LogP contribution is -2.31. The molecule has 0 radical (unpaired) electrons. The van der Waals surface area contributed by atoms with Crippen LogP contribution in [0.1, 0.15) is 34.1 Å². The standard InChI is InChI=1S/C9H18O2/c1-8(2)5-7(6-11-8)9(3,4)10/h7,10H,5-6H2,1-4H3. The van der Waals surface area contributed by atoms with Gasteiger partial charge in [-0.1, -0.05) is 0 Å². The summed E-state index contributed by atoms with van der Waals surface area (Å²) in [6.07, 6.45) is 0.955. The highest BCUT2D eigenvalue weighted by Gasteiger charge is 2.39. The second-order valence-electron chi connectivity index (χ2n) is 4.63. The van der Waals surface area contributed by atoms with Crippen molar-refractivity contribution in [1.29, 1.82) is 0 Å². The lowest BCUT2D eigenvalue weighted by Gasteiger charge is -2.24. The van der Waals surface area contributed by atoms with E-state index >= 15 is 0 Å². The molecule has 2 nitrogen and oxygen atoms in total. The van der Waals surface area contributed by atoms with Gasteiger partial charge in [0.15, 0.2) is 0 Å². The maximum Gasteiger partial charge on any atom is 0.0642 e. The normalized spacial score (nSPS) is 30.8. The van der Waals surface area contributed by atoms with Crippen LogP contribution in [0.4, 0.5) is 0 Å². The lowest BCUT2D eigenvalue weighted by atomic mass is 9.86. The van der Waals surface area contributed by atoms with Gasteiger partial charge in [-0.15, -0.1) is 0 Å². The van der Waals surface area contributed by atoms with Crippen LogP contribution in [0, 0.1) is 5.92 Å². The molecule has 0 aromatic heterocycles. The molecule has 0 aromatic carbocycles. The largest absolute Gasteiger partial charge is 0.390 e. The van der Waals surface area contributed by atoms with Gasteiger partial charge in [0.05, 0.1) is 17.8 Å². The van der Waals surface area contributed by atoms with Crippen LogP contribution in [0.5, 0.6) is 0 Å². The Balaban J connectivity index is 2.55. The van der Waals surface area contributed by atoms with E-state index in [4.69, 9.17) is 4.74 Å². The Kier molecular flexibility index (Phi) is 2.01. The molecule has 0 spiro atoms. The van der Waals surface area contributed by atoms with E-state index in [1.54, 1.807) is 0 Å². The van der Waals surface area contributed by atoms with Crippen LogP contribution in [-0.4, -0.2) is 22.9 Å². The molecule has 1 aliphatic rings. The zero-order valence-electron chi connectivity index (χ0n) is 7.85. The van der Waals surface area contributed by atoms with Gasteiger partial charge in [0.1, 0.15) is 0 Å². The predicted octanol–water partition coefficient (Wildman–Crippen LogP) is 1.57. The van der Waals surface area contributed by atoms with E-state index in [-0.39, 0.29) is 11.5 Å². The molecule has 1 saturated heterocycles. The Bertz CT molecular complexity index is 144. The van der Waals surface area contributed by atoms with Crippen molar-refractivity contribution in [2.75, 3.05) is 6.61 Å². The fraction of sp³-hybridized carbons (Fsp3) is 1.00. The molecular formula is C9H18O2. The predicted molar refractivity (Wildman–Crippen MR) is 44.4 cm³/mol. The molecule has 0 saturated carbocycles. The van der Waals surface area contributed by atoms with Gasteiger partial charge in [-0.25, -0.2) is 0 Å². The Morgan fingerprint density at radius 3 is 2.18 bits per heavy atom. The van der Waals surface area contributed by atoms with Crippen molar-refractivity contribution >= 4 is 0 Å². The minimum atomic E-state index is -0.590. The second-order valence-corrected chi connectivity index (χ2v) is 4.63. The molecule has 66 valence electrons. The van der Waals surface area contributed by atoms with Gasteiger partial charge < -0.3 is 9.84 Å². The lowest BCUT2D eigenvalue weighted by molar-refractivity contribution is 0.00361. The third-order valence-corrected chi connectivity index (χ3v) is 2.41. The third kappa shape index (κ3) is 2.17. The van der Waals surface area contributed by atoms with Crippen molar-refractivity contribution in [3.05, 3.63) is 0 Å². The molecule has 1 atom stereocenters. The average Bonchev–Trinajstić information content (AvgIpc) is 2.07. The van der Waals surface area contributed by atoms with E-state index < -0.39 is 5.60 Å². The van der Waals surface area contributed by atoms with Crippen LogP contribution < -0.4 is 0 Å². The van der Waals surface area contributed by atoms with Crippen molar-refractivity contribution in [2.45, 2.75) is 45.3 Å². The molecule has 2 heteroatoms. The monoisotopic (exact) mass is 158 g/mol. The van der Waals surface area contributed by atoms with Crippen molar-refractivity contribution in [3.8, 4) is 0 Å². The van der Waals surface area contributed by atoms with Crippen LogP contribution in [0.2, 0.25) is 0 Å². The van der Waals surface area contributed by atoms with Crippen molar-refractivity contribution in [2.24, 2.45) is 5.92 Å². The van der Waals surface area contributed by atoms with Crippen LogP contribution in [0.25, 0.3) is 0 Å². The van der Waals surface area contributed by atoms with Gasteiger partial charge in [-0.3, -0.25) is 0 Å². The molecule has 1 fully saturated rings. The number of aliphatic hydroxyl groups is 1. The third-order valence-electron chi connectivity index (χ3n) is 2.41. The number of ether oxygens (including phenoxy) is 1. The highest BCUT2D eigenvalue weighted by molar-refractivity contribution is 4.88. The minimum absolute atomic E-state index is 0.0370. The zero-order chi connectivity index (χ0) is 8.70. The first-order chi connectivity index (χ1) is 4.81. The summed E-state index contributed by atoms with van der Waals surface area (Å²) >= 11 is 0. The molecular weight excluding hydrogens is 140 g/mol. The molecule has 0 amide bonds. The Hall–Kier alpha value is -0.0800. The first kappa shape index (κ1) is 9.01. The van der Waals surface area contributed by atoms with Gasteiger partial charge >= 0.3 is 0 Å². The molecule has 1 heterocycles. The second kappa shape index (κ2) is 2.46. The summed E-state index contributed by atoms with van der Waals surface area (Å²) in [5.74, 6) is 0.289. The highest BCUT2D eigenvalue weighted by Crippen LogP contribution is 2.35. The molecule has 0 aromatic rings. The molecule has 0 bridgehead atoms. The first-order valence-corrected chi connectivity index (χ1v) is 4.18. The Morgan fingerprint density at radius 1 is 1.45 bits per heavy atom. The molecule has 1 unspecified atom stereocenters. The summed E-state index contributed by atoms with van der Waals surface area (Å²) in [6, 6.07) is 0. The van der Waals surface area contributed by atoms with Crippen LogP contribution in [-0.2, 0) is 4.74 Å². The highest BCUT2D eigenvalue weighted by atomic mass is 16.5. The number of hydrogen-bond acceptors (Lipinski definition) is 2. The van der Waals surface area contributed by atoms with E-state index in [1.165, 1.54) is 0 Å². The number of rotatable bonds is 1. The van der Waals surface area contributed by atoms with E-state index in [0.717, 1.165) is 6.42 Å². The quantitative estimate of drug-likeness (QED) is 0.627. The maximum atomic E-state index is 9.67. The molecule has 11 heavy (non-hydrogen) atoms. The molecule has 1 aliphatic heterocycles. The fourth-order valence-electron chi connectivity index (χ4n) is 1.49. The zero-order valence-corrected chi connectivity index (χ0v) is 7.85. The van der Waals surface area contributed by atoms with Crippen LogP contribution in [0.3, 0.4) is 0 Å². The van der Waals surface area contributed by atoms with Crippen LogP contribution >= 0.6 is 0 Å². The summed E-state index contributed by atoms with van der Waals surface area (Å²) in [6.45, 7) is 8.53. The van der Waals surface area contributed by atoms with E-state index in [1.807, 2.05) is 13.8 Å². The Morgan fingerprint density at radius 2 is 2.00 bits per heavy atom. The van der Waals surface area contributed by atoms with Crippen molar-refractivity contribution < 1.29 is 9.84 Å². The molecule has 1 N–H and O–H groups in total. The van der Waals surface area contributed by atoms with Gasteiger partial charge in [-0.2, -0.15) is 0 Å². The smallest absolute Gasteiger partial charge is 0.0642 e.